The van der Waals surface area contributed by atoms with Crippen LogP contribution in [0.3, 0.4) is 0 Å². The molecule has 0 aliphatic rings. The molecule has 1 aromatic carbocycles. The van der Waals surface area contributed by atoms with Crippen LogP contribution in [0.5, 0.6) is 0 Å². The SMILES string of the molecule is CCCc1[nH]c(=O)[nH]c1C(=O)c1ccc(C(=O)O)cc1. The molecule has 0 spiro atoms. The molecule has 0 unspecified atom stereocenters. The van der Waals surface area contributed by atoms with Crippen LogP contribution in [0.4, 0.5) is 0 Å². The fraction of sp³-hybridized carbons (Fsp3) is 0.214. The van der Waals surface area contributed by atoms with Gasteiger partial charge in [0.15, 0.2) is 0 Å². The molecule has 0 saturated heterocycles. The molecule has 0 radical (unpaired) electrons. The Morgan fingerprint density at radius 1 is 1.10 bits per heavy atom. The van der Waals surface area contributed by atoms with Gasteiger partial charge in [0.25, 0.3) is 0 Å². The topological polar surface area (TPSA) is 103 Å². The van der Waals surface area contributed by atoms with Crippen LogP contribution < -0.4 is 5.69 Å². The number of nitrogens with one attached hydrogen (secondary N) is 2. The molecule has 0 amide bonds. The molecule has 3 N–H and O–H groups in total. The third-order valence-electron chi connectivity index (χ3n) is 2.93. The van der Waals surface area contributed by atoms with Gasteiger partial charge in [0, 0.05) is 11.3 Å². The highest BCUT2D eigenvalue weighted by Gasteiger charge is 2.17. The number of aryl methyl sites for hydroxylation is 1. The van der Waals surface area contributed by atoms with E-state index in [-0.39, 0.29) is 17.0 Å². The first-order valence-corrected chi connectivity index (χ1v) is 6.22. The van der Waals surface area contributed by atoms with Gasteiger partial charge < -0.3 is 15.1 Å². The average molecular weight is 274 g/mol. The number of aromatic carboxylic acids is 1. The standard InChI is InChI=1S/C14H14N2O4/c1-2-3-10-11(16-14(20)15-10)12(17)8-4-6-9(7-5-8)13(18)19/h4-7H,2-3H2,1H3,(H,18,19)(H2,15,16,20). The van der Waals surface area contributed by atoms with Gasteiger partial charge in [-0.05, 0) is 18.6 Å². The van der Waals surface area contributed by atoms with Crippen molar-refractivity contribution in [2.45, 2.75) is 19.8 Å². The van der Waals surface area contributed by atoms with Gasteiger partial charge >= 0.3 is 11.7 Å². The minimum absolute atomic E-state index is 0.109. The molecule has 1 heterocycles. The molecule has 104 valence electrons. The van der Waals surface area contributed by atoms with Crippen molar-refractivity contribution < 1.29 is 14.7 Å². The number of aromatic amines is 2. The lowest BCUT2D eigenvalue weighted by Gasteiger charge is -2.02. The Balaban J connectivity index is 2.35. The molecule has 20 heavy (non-hydrogen) atoms. The van der Waals surface area contributed by atoms with Crippen molar-refractivity contribution in [1.82, 2.24) is 9.97 Å². The monoisotopic (exact) mass is 274 g/mol. The third-order valence-corrected chi connectivity index (χ3v) is 2.93. The summed E-state index contributed by atoms with van der Waals surface area (Å²) in [5.41, 5.74) is 0.837. The van der Waals surface area contributed by atoms with Gasteiger partial charge in [-0.25, -0.2) is 9.59 Å². The van der Waals surface area contributed by atoms with Gasteiger partial charge in [0.05, 0.1) is 5.56 Å². The van der Waals surface area contributed by atoms with Crippen molar-refractivity contribution in [3.63, 3.8) is 0 Å². The summed E-state index contributed by atoms with van der Waals surface area (Å²) in [6.07, 6.45) is 1.39. The Hall–Kier alpha value is -2.63. The van der Waals surface area contributed by atoms with Crippen molar-refractivity contribution in [1.29, 1.82) is 0 Å². The zero-order valence-corrected chi connectivity index (χ0v) is 10.9. The van der Waals surface area contributed by atoms with E-state index in [0.717, 1.165) is 6.42 Å². The van der Waals surface area contributed by atoms with Crippen molar-refractivity contribution >= 4 is 11.8 Å². The van der Waals surface area contributed by atoms with E-state index in [4.69, 9.17) is 5.11 Å². The number of H-pyrrole nitrogens is 2. The largest absolute Gasteiger partial charge is 0.478 e. The Morgan fingerprint density at radius 2 is 1.70 bits per heavy atom. The van der Waals surface area contributed by atoms with Gasteiger partial charge in [-0.3, -0.25) is 4.79 Å². The van der Waals surface area contributed by atoms with Crippen molar-refractivity contribution in [3.05, 3.63) is 57.3 Å². The summed E-state index contributed by atoms with van der Waals surface area (Å²) >= 11 is 0. The fourth-order valence-corrected chi connectivity index (χ4v) is 1.96. The molecule has 0 atom stereocenters. The number of benzene rings is 1. The van der Waals surface area contributed by atoms with Gasteiger partial charge in [-0.1, -0.05) is 25.5 Å². The van der Waals surface area contributed by atoms with Crippen molar-refractivity contribution in [3.8, 4) is 0 Å². The maximum absolute atomic E-state index is 12.3. The number of hydrogen-bond acceptors (Lipinski definition) is 3. The summed E-state index contributed by atoms with van der Waals surface area (Å²) in [6, 6.07) is 5.60. The van der Waals surface area contributed by atoms with Crippen LogP contribution in [-0.2, 0) is 6.42 Å². The molecule has 0 saturated carbocycles. The first-order chi connectivity index (χ1) is 9.52. The lowest BCUT2D eigenvalue weighted by atomic mass is 10.0. The Bertz CT molecular complexity index is 695. The molecular weight excluding hydrogens is 260 g/mol. The van der Waals surface area contributed by atoms with Crippen LogP contribution in [0.2, 0.25) is 0 Å². The molecule has 0 bridgehead atoms. The van der Waals surface area contributed by atoms with Crippen LogP contribution in [-0.4, -0.2) is 26.8 Å². The van der Waals surface area contributed by atoms with Crippen LogP contribution in [0.25, 0.3) is 0 Å². The zero-order valence-electron chi connectivity index (χ0n) is 10.9. The van der Waals surface area contributed by atoms with Gasteiger partial charge in [0.1, 0.15) is 5.69 Å². The van der Waals surface area contributed by atoms with Crippen molar-refractivity contribution in [2.24, 2.45) is 0 Å². The molecule has 2 aromatic rings. The van der Waals surface area contributed by atoms with E-state index in [1.807, 2.05) is 6.92 Å². The number of carbonyl (C=O) groups excluding carboxylic acids is 1. The predicted molar refractivity (Wildman–Crippen MR) is 72.2 cm³/mol. The van der Waals surface area contributed by atoms with E-state index in [1.54, 1.807) is 0 Å². The number of hydrogen-bond donors (Lipinski definition) is 3. The second-order valence-corrected chi connectivity index (χ2v) is 4.39. The molecular formula is C14H14N2O4. The van der Waals surface area contributed by atoms with E-state index in [2.05, 4.69) is 9.97 Å². The molecule has 6 nitrogen and oxygen atoms in total. The molecule has 0 aliphatic heterocycles. The normalized spacial score (nSPS) is 10.4. The van der Waals surface area contributed by atoms with Crippen LogP contribution in [0.1, 0.15) is 45.4 Å². The Kier molecular flexibility index (Phi) is 3.84. The summed E-state index contributed by atoms with van der Waals surface area (Å²) < 4.78 is 0. The Morgan fingerprint density at radius 3 is 2.25 bits per heavy atom. The van der Waals surface area contributed by atoms with Gasteiger partial charge in [-0.15, -0.1) is 0 Å². The number of aromatic nitrogens is 2. The second kappa shape index (κ2) is 5.56. The number of carboxylic acids is 1. The quantitative estimate of drug-likeness (QED) is 0.720. The van der Waals surface area contributed by atoms with Crippen LogP contribution >= 0.6 is 0 Å². The van der Waals surface area contributed by atoms with E-state index in [0.29, 0.717) is 17.7 Å². The molecule has 1 aromatic heterocycles. The number of imidazole rings is 1. The third kappa shape index (κ3) is 2.69. The molecule has 0 aliphatic carbocycles. The Labute approximate surface area is 114 Å². The number of carbonyl (C=O) groups is 2. The average Bonchev–Trinajstić information content (AvgIpc) is 2.79. The van der Waals surface area contributed by atoms with E-state index in [1.165, 1.54) is 24.3 Å². The number of carboxylic acid groups (broad SMARTS) is 1. The summed E-state index contributed by atoms with van der Waals surface area (Å²) in [4.78, 5) is 39.5. The summed E-state index contributed by atoms with van der Waals surface area (Å²) in [5, 5.41) is 8.81. The van der Waals surface area contributed by atoms with Gasteiger partial charge in [0.2, 0.25) is 5.78 Å². The number of rotatable bonds is 5. The summed E-state index contributed by atoms with van der Waals surface area (Å²) in [5.74, 6) is -1.38. The molecule has 6 heteroatoms. The van der Waals surface area contributed by atoms with Crippen LogP contribution in [0, 0.1) is 0 Å². The maximum Gasteiger partial charge on any atom is 0.335 e. The lowest BCUT2D eigenvalue weighted by Crippen LogP contribution is -2.07. The minimum Gasteiger partial charge on any atom is -0.478 e. The predicted octanol–water partition coefficient (Wildman–Crippen LogP) is 1.58. The van der Waals surface area contributed by atoms with E-state index in [9.17, 15) is 14.4 Å². The molecule has 2 rings (SSSR count). The first-order valence-electron chi connectivity index (χ1n) is 6.22. The highest BCUT2D eigenvalue weighted by molar-refractivity contribution is 6.08. The summed E-state index contributed by atoms with van der Waals surface area (Å²) in [6.45, 7) is 1.95. The second-order valence-electron chi connectivity index (χ2n) is 4.39. The lowest BCUT2D eigenvalue weighted by molar-refractivity contribution is 0.0696. The highest BCUT2D eigenvalue weighted by Crippen LogP contribution is 2.12. The number of ketones is 1. The highest BCUT2D eigenvalue weighted by atomic mass is 16.4. The summed E-state index contributed by atoms with van der Waals surface area (Å²) in [7, 11) is 0. The molecule has 0 fully saturated rings. The maximum atomic E-state index is 12.3. The van der Waals surface area contributed by atoms with E-state index < -0.39 is 11.7 Å². The van der Waals surface area contributed by atoms with Crippen molar-refractivity contribution in [2.75, 3.05) is 0 Å². The smallest absolute Gasteiger partial charge is 0.335 e. The first kappa shape index (κ1) is 13.8. The fourth-order valence-electron chi connectivity index (χ4n) is 1.96. The van der Waals surface area contributed by atoms with E-state index >= 15 is 0 Å². The minimum atomic E-state index is -1.05. The zero-order chi connectivity index (χ0) is 14.7. The van der Waals surface area contributed by atoms with Gasteiger partial charge in [-0.2, -0.15) is 0 Å². The van der Waals surface area contributed by atoms with Crippen LogP contribution in [0.15, 0.2) is 29.1 Å².